The smallest absolute Gasteiger partial charge is 0.128 e. The maximum atomic E-state index is 11.1. The van der Waals surface area contributed by atoms with Gasteiger partial charge in [0.25, 0.3) is 0 Å². The van der Waals surface area contributed by atoms with Gasteiger partial charge < -0.3 is 0 Å². The lowest BCUT2D eigenvalue weighted by atomic mass is 9.96. The van der Waals surface area contributed by atoms with E-state index in [0.29, 0.717) is 5.66 Å². The fourth-order valence-corrected chi connectivity index (χ4v) is 8.23. The van der Waals surface area contributed by atoms with Gasteiger partial charge in [0.1, 0.15) is 6.04 Å². The quantitative estimate of drug-likeness (QED) is 0.435. The highest BCUT2D eigenvalue weighted by Gasteiger charge is 2.46. The molecule has 0 spiro atoms. The summed E-state index contributed by atoms with van der Waals surface area (Å²) in [4.78, 5) is 11.1. The van der Waals surface area contributed by atoms with Crippen LogP contribution in [-0.4, -0.2) is 30.7 Å². The van der Waals surface area contributed by atoms with Crippen LogP contribution in [0.4, 0.5) is 0 Å². The number of rotatable bonds is 8. The van der Waals surface area contributed by atoms with Crippen molar-refractivity contribution in [3.05, 3.63) is 4.91 Å². The lowest BCUT2D eigenvalue weighted by Crippen LogP contribution is -2.32. The first-order chi connectivity index (χ1) is 8.68. The Morgan fingerprint density at radius 3 is 2.11 bits per heavy atom. The van der Waals surface area contributed by atoms with Crippen LogP contribution in [0.1, 0.15) is 65.2 Å². The van der Waals surface area contributed by atoms with Crippen LogP contribution in [-0.2, 0) is 0 Å². The molecular formula is C15H31NOP+. The fourth-order valence-electron chi connectivity index (χ4n) is 3.42. The molecule has 0 bridgehead atoms. The van der Waals surface area contributed by atoms with Gasteiger partial charge >= 0.3 is 0 Å². The SMILES string of the molecule is CCCC[P+](C)(CCCC)[C@@H]1CCCC[C@H]1N=O. The van der Waals surface area contributed by atoms with E-state index in [4.69, 9.17) is 0 Å². The predicted octanol–water partition coefficient (Wildman–Crippen LogP) is 5.31. The first-order valence-electron chi connectivity index (χ1n) is 7.84. The molecule has 0 aromatic heterocycles. The first kappa shape index (κ1) is 16.1. The predicted molar refractivity (Wildman–Crippen MR) is 84.2 cm³/mol. The van der Waals surface area contributed by atoms with Crippen molar-refractivity contribution in [2.24, 2.45) is 5.18 Å². The largest absolute Gasteiger partial charge is 0.150 e. The molecule has 1 saturated carbocycles. The summed E-state index contributed by atoms with van der Waals surface area (Å²) in [6.45, 7) is 7.09. The zero-order valence-electron chi connectivity index (χ0n) is 12.5. The molecule has 0 N–H and O–H groups in total. The second kappa shape index (κ2) is 8.25. The van der Waals surface area contributed by atoms with Gasteiger partial charge in [-0.05, 0) is 32.1 Å². The molecule has 0 aromatic rings. The number of unbranched alkanes of at least 4 members (excludes halogenated alkanes) is 2. The summed E-state index contributed by atoms with van der Waals surface area (Å²) in [5, 5.41) is 3.49. The molecule has 0 unspecified atom stereocenters. The summed E-state index contributed by atoms with van der Waals surface area (Å²) < 4.78 is 0. The van der Waals surface area contributed by atoms with E-state index >= 15 is 0 Å². The molecule has 1 aliphatic rings. The average molecular weight is 272 g/mol. The summed E-state index contributed by atoms with van der Waals surface area (Å²) in [7, 11) is -0.944. The third-order valence-electron chi connectivity index (χ3n) is 4.67. The highest BCUT2D eigenvalue weighted by Crippen LogP contribution is 2.64. The Kier molecular flexibility index (Phi) is 7.37. The molecule has 0 aromatic carbocycles. The molecule has 2 atom stereocenters. The number of hydrogen-bond acceptors (Lipinski definition) is 2. The van der Waals surface area contributed by atoms with Crippen molar-refractivity contribution in [3.8, 4) is 0 Å². The molecule has 0 aliphatic heterocycles. The Balaban J connectivity index is 2.74. The molecule has 18 heavy (non-hydrogen) atoms. The summed E-state index contributed by atoms with van der Waals surface area (Å²) in [6.07, 6.45) is 12.9. The van der Waals surface area contributed by atoms with Crippen molar-refractivity contribution >= 4 is 7.26 Å². The van der Waals surface area contributed by atoms with Crippen LogP contribution in [0.3, 0.4) is 0 Å². The van der Waals surface area contributed by atoms with Gasteiger partial charge in [-0.2, -0.15) is 4.91 Å². The molecule has 3 heteroatoms. The topological polar surface area (TPSA) is 29.4 Å². The summed E-state index contributed by atoms with van der Waals surface area (Å²) in [5.41, 5.74) is 0.654. The zero-order chi connectivity index (χ0) is 13.4. The lowest BCUT2D eigenvalue weighted by molar-refractivity contribution is 0.444. The zero-order valence-corrected chi connectivity index (χ0v) is 13.4. The molecular weight excluding hydrogens is 241 g/mol. The molecule has 0 amide bonds. The van der Waals surface area contributed by atoms with E-state index in [0.717, 1.165) is 6.42 Å². The highest BCUT2D eigenvalue weighted by atomic mass is 31.2. The number of nitrogens with zero attached hydrogens (tertiary/aromatic N) is 1. The van der Waals surface area contributed by atoms with Gasteiger partial charge in [-0.15, -0.1) is 0 Å². The van der Waals surface area contributed by atoms with Crippen LogP contribution in [0.25, 0.3) is 0 Å². The molecule has 0 heterocycles. The minimum Gasteiger partial charge on any atom is -0.150 e. The van der Waals surface area contributed by atoms with E-state index in [1.54, 1.807) is 0 Å². The summed E-state index contributed by atoms with van der Waals surface area (Å²) >= 11 is 0. The monoisotopic (exact) mass is 272 g/mol. The molecule has 1 rings (SSSR count). The molecule has 2 nitrogen and oxygen atoms in total. The van der Waals surface area contributed by atoms with Crippen molar-refractivity contribution in [2.75, 3.05) is 19.0 Å². The third-order valence-corrected chi connectivity index (χ3v) is 9.55. The average Bonchev–Trinajstić information content (AvgIpc) is 2.43. The highest BCUT2D eigenvalue weighted by molar-refractivity contribution is 7.75. The van der Waals surface area contributed by atoms with E-state index in [1.807, 2.05) is 0 Å². The van der Waals surface area contributed by atoms with Gasteiger partial charge in [-0.3, -0.25) is 0 Å². The van der Waals surface area contributed by atoms with Crippen molar-refractivity contribution in [2.45, 2.75) is 76.9 Å². The van der Waals surface area contributed by atoms with Crippen molar-refractivity contribution in [1.82, 2.24) is 0 Å². The van der Waals surface area contributed by atoms with Crippen LogP contribution in [0.2, 0.25) is 0 Å². The minimum absolute atomic E-state index is 0.144. The summed E-state index contributed by atoms with van der Waals surface area (Å²) in [5.74, 6) is 0. The van der Waals surface area contributed by atoms with E-state index in [9.17, 15) is 4.91 Å². The molecule has 1 aliphatic carbocycles. The van der Waals surface area contributed by atoms with E-state index in [1.165, 1.54) is 57.3 Å². The molecule has 0 radical (unpaired) electrons. The Labute approximate surface area is 114 Å². The van der Waals surface area contributed by atoms with Crippen LogP contribution in [0, 0.1) is 4.91 Å². The first-order valence-corrected chi connectivity index (χ1v) is 10.5. The molecule has 1 fully saturated rings. The summed E-state index contributed by atoms with van der Waals surface area (Å²) in [6, 6.07) is 0.144. The number of nitroso groups, excluding NO2 is 1. The van der Waals surface area contributed by atoms with Crippen LogP contribution in [0.5, 0.6) is 0 Å². The van der Waals surface area contributed by atoms with E-state index < -0.39 is 7.26 Å². The van der Waals surface area contributed by atoms with Crippen molar-refractivity contribution in [1.29, 1.82) is 0 Å². The van der Waals surface area contributed by atoms with Crippen LogP contribution >= 0.6 is 7.26 Å². The van der Waals surface area contributed by atoms with Gasteiger partial charge in [-0.25, -0.2) is 0 Å². The fraction of sp³-hybridized carbons (Fsp3) is 1.00. The Bertz CT molecular complexity index is 237. The minimum atomic E-state index is -0.944. The second-order valence-corrected chi connectivity index (χ2v) is 10.7. The maximum Gasteiger partial charge on any atom is 0.128 e. The Hall–Kier alpha value is 0.0300. The van der Waals surface area contributed by atoms with Gasteiger partial charge in [0.2, 0.25) is 0 Å². The third kappa shape index (κ3) is 4.30. The molecule has 106 valence electrons. The van der Waals surface area contributed by atoms with Crippen LogP contribution in [0.15, 0.2) is 5.18 Å². The molecule has 0 saturated heterocycles. The second-order valence-electron chi connectivity index (χ2n) is 6.16. The van der Waals surface area contributed by atoms with Crippen molar-refractivity contribution in [3.63, 3.8) is 0 Å². The van der Waals surface area contributed by atoms with Gasteiger partial charge in [-0.1, -0.05) is 38.3 Å². The normalized spacial score (nSPS) is 25.1. The van der Waals surface area contributed by atoms with E-state index in [2.05, 4.69) is 25.7 Å². The number of hydrogen-bond donors (Lipinski definition) is 0. The van der Waals surface area contributed by atoms with Gasteiger partial charge in [0.05, 0.1) is 18.0 Å². The van der Waals surface area contributed by atoms with Gasteiger partial charge in [0.15, 0.2) is 0 Å². The lowest BCUT2D eigenvalue weighted by Gasteiger charge is -2.36. The Morgan fingerprint density at radius 1 is 1.06 bits per heavy atom. The maximum absolute atomic E-state index is 11.1. The standard InChI is InChI=1S/C15H31NOP/c1-4-6-12-18(3,13-7-5-2)15-11-9-8-10-14(15)16-17/h14-15H,4-13H2,1-3H3/q+1/t14-,15-/m1/s1. The van der Waals surface area contributed by atoms with Crippen molar-refractivity contribution < 1.29 is 0 Å². The van der Waals surface area contributed by atoms with Gasteiger partial charge in [0, 0.05) is 13.9 Å². The Morgan fingerprint density at radius 2 is 1.61 bits per heavy atom. The van der Waals surface area contributed by atoms with Crippen LogP contribution < -0.4 is 0 Å². The van der Waals surface area contributed by atoms with E-state index in [-0.39, 0.29) is 6.04 Å².